The van der Waals surface area contributed by atoms with Gasteiger partial charge < -0.3 is 20.1 Å². The molecule has 3 rings (SSSR count). The number of fused-ring (bicyclic) bond motifs is 1. The quantitative estimate of drug-likeness (QED) is 0.277. The number of urea groups is 1. The molecular formula is C22H25N3O8. The van der Waals surface area contributed by atoms with Crippen molar-refractivity contribution >= 4 is 35.6 Å². The second kappa shape index (κ2) is 10.7. The Kier molecular flexibility index (Phi) is 7.75. The van der Waals surface area contributed by atoms with E-state index in [2.05, 4.69) is 10.6 Å². The van der Waals surface area contributed by atoms with Crippen molar-refractivity contribution in [3.05, 3.63) is 35.4 Å². The largest absolute Gasteiger partial charge is 0.466 e. The highest BCUT2D eigenvalue weighted by Gasteiger charge is 2.39. The molecule has 0 bridgehead atoms. The number of benzene rings is 1. The van der Waals surface area contributed by atoms with Crippen LogP contribution >= 0.6 is 0 Å². The van der Waals surface area contributed by atoms with E-state index in [-0.39, 0.29) is 42.3 Å². The Hall–Kier alpha value is -3.76. The van der Waals surface area contributed by atoms with Crippen LogP contribution in [0, 0.1) is 0 Å². The predicted molar refractivity (Wildman–Crippen MR) is 112 cm³/mol. The van der Waals surface area contributed by atoms with Gasteiger partial charge in [0.25, 0.3) is 11.8 Å². The normalized spacial score (nSPS) is 19.1. The molecule has 4 amide bonds. The van der Waals surface area contributed by atoms with Crippen molar-refractivity contribution in [2.45, 2.75) is 44.7 Å². The average Bonchev–Trinajstić information content (AvgIpc) is 3.28. The number of hydrogen-bond donors (Lipinski definition) is 2. The Morgan fingerprint density at radius 1 is 0.909 bits per heavy atom. The van der Waals surface area contributed by atoms with E-state index in [9.17, 15) is 28.8 Å². The molecule has 2 aliphatic heterocycles. The average molecular weight is 459 g/mol. The first-order valence-corrected chi connectivity index (χ1v) is 10.7. The molecule has 2 aliphatic rings. The molecule has 11 nitrogen and oxygen atoms in total. The number of esters is 2. The molecule has 1 aromatic carbocycles. The van der Waals surface area contributed by atoms with E-state index < -0.39 is 42.4 Å². The molecule has 1 saturated heterocycles. The van der Waals surface area contributed by atoms with Crippen molar-refractivity contribution < 1.29 is 38.2 Å². The molecule has 0 spiro atoms. The number of rotatable bonds is 11. The fraction of sp³-hybridized carbons (Fsp3) is 0.455. The fourth-order valence-corrected chi connectivity index (χ4v) is 3.68. The Labute approximate surface area is 189 Å². The minimum absolute atomic E-state index is 0.130. The lowest BCUT2D eigenvalue weighted by molar-refractivity contribution is -0.145. The maximum absolute atomic E-state index is 12.5. The molecule has 1 aromatic rings. The van der Waals surface area contributed by atoms with E-state index in [1.165, 1.54) is 12.1 Å². The monoisotopic (exact) mass is 459 g/mol. The standard InChI is InChI=1S/C22H25N3O8/c1-2-32-17(27)10-6-5-9-16(26)19-15(23-22(31)24-19)12-33-18(28)11-25-20(29)13-7-3-4-8-14(13)21(25)30/h3-4,7-8,15,19H,2,5-6,9-12H2,1H3,(H2,23,24,31). The van der Waals surface area contributed by atoms with Crippen molar-refractivity contribution in [3.63, 3.8) is 0 Å². The van der Waals surface area contributed by atoms with E-state index in [1.807, 2.05) is 0 Å². The fourth-order valence-electron chi connectivity index (χ4n) is 3.68. The number of carbonyl (C=O) groups is 6. The molecule has 0 saturated carbocycles. The molecule has 2 unspecified atom stereocenters. The van der Waals surface area contributed by atoms with Crippen molar-refractivity contribution in [3.8, 4) is 0 Å². The minimum Gasteiger partial charge on any atom is -0.466 e. The van der Waals surface area contributed by atoms with Gasteiger partial charge in [0.1, 0.15) is 19.2 Å². The molecule has 0 aromatic heterocycles. The number of ether oxygens (including phenoxy) is 2. The van der Waals surface area contributed by atoms with Crippen LogP contribution in [0.5, 0.6) is 0 Å². The van der Waals surface area contributed by atoms with E-state index in [4.69, 9.17) is 9.47 Å². The summed E-state index contributed by atoms with van der Waals surface area (Å²) in [6.45, 7) is 1.13. The lowest BCUT2D eigenvalue weighted by Gasteiger charge is -2.18. The third kappa shape index (κ3) is 5.73. The van der Waals surface area contributed by atoms with Crippen molar-refractivity contribution in [1.82, 2.24) is 15.5 Å². The number of Topliss-reactive ketones (excluding diaryl/α,β-unsaturated/α-hetero) is 1. The molecule has 1 fully saturated rings. The Morgan fingerprint density at radius 3 is 2.18 bits per heavy atom. The third-order valence-corrected chi connectivity index (χ3v) is 5.30. The number of ketones is 1. The van der Waals surface area contributed by atoms with Gasteiger partial charge in [0, 0.05) is 12.8 Å². The molecule has 11 heteroatoms. The van der Waals surface area contributed by atoms with Gasteiger partial charge in [-0.1, -0.05) is 12.1 Å². The number of unbranched alkanes of at least 4 members (excludes halogenated alkanes) is 1. The van der Waals surface area contributed by atoms with Gasteiger partial charge in [0.05, 0.1) is 23.8 Å². The maximum atomic E-state index is 12.5. The second-order valence-corrected chi connectivity index (χ2v) is 7.61. The number of carbonyl (C=O) groups excluding carboxylic acids is 6. The summed E-state index contributed by atoms with van der Waals surface area (Å²) in [5.41, 5.74) is 0.437. The Morgan fingerprint density at radius 2 is 1.55 bits per heavy atom. The van der Waals surface area contributed by atoms with Crippen LogP contribution in [0.1, 0.15) is 53.3 Å². The van der Waals surface area contributed by atoms with Crippen molar-refractivity contribution in [2.75, 3.05) is 19.8 Å². The molecule has 176 valence electrons. The molecule has 2 N–H and O–H groups in total. The van der Waals surface area contributed by atoms with Crippen LogP contribution in [0.25, 0.3) is 0 Å². The summed E-state index contributed by atoms with van der Waals surface area (Å²) in [5, 5.41) is 5.02. The first-order valence-electron chi connectivity index (χ1n) is 10.7. The van der Waals surface area contributed by atoms with E-state index in [0.29, 0.717) is 19.4 Å². The molecule has 0 radical (unpaired) electrons. The molecule has 2 atom stereocenters. The highest BCUT2D eigenvalue weighted by Crippen LogP contribution is 2.22. The molecule has 2 heterocycles. The van der Waals surface area contributed by atoms with Crippen molar-refractivity contribution in [2.24, 2.45) is 0 Å². The van der Waals surface area contributed by atoms with Crippen LogP contribution in [-0.4, -0.2) is 72.3 Å². The molecule has 0 aliphatic carbocycles. The van der Waals surface area contributed by atoms with Crippen LogP contribution in [0.4, 0.5) is 4.79 Å². The Bertz CT molecular complexity index is 941. The first-order chi connectivity index (χ1) is 15.8. The highest BCUT2D eigenvalue weighted by atomic mass is 16.5. The zero-order valence-corrected chi connectivity index (χ0v) is 18.1. The number of hydrogen-bond acceptors (Lipinski definition) is 8. The van der Waals surface area contributed by atoms with Crippen LogP contribution in [-0.2, 0) is 23.9 Å². The van der Waals surface area contributed by atoms with Gasteiger partial charge in [0.2, 0.25) is 0 Å². The first kappa shape index (κ1) is 23.9. The Balaban J connectivity index is 1.46. The number of imide groups is 1. The van der Waals surface area contributed by atoms with Gasteiger partial charge in [-0.3, -0.25) is 28.9 Å². The summed E-state index contributed by atoms with van der Waals surface area (Å²) in [5.74, 6) is -2.60. The van der Waals surface area contributed by atoms with Gasteiger partial charge in [-0.05, 0) is 31.9 Å². The van der Waals surface area contributed by atoms with Crippen LogP contribution in [0.3, 0.4) is 0 Å². The zero-order chi connectivity index (χ0) is 24.0. The zero-order valence-electron chi connectivity index (χ0n) is 18.1. The molecule has 33 heavy (non-hydrogen) atoms. The van der Waals surface area contributed by atoms with Gasteiger partial charge in [-0.15, -0.1) is 0 Å². The smallest absolute Gasteiger partial charge is 0.326 e. The third-order valence-electron chi connectivity index (χ3n) is 5.30. The number of nitrogens with one attached hydrogen (secondary N) is 2. The SMILES string of the molecule is CCOC(=O)CCCCC(=O)C1NC(=O)NC1COC(=O)CN1C(=O)c2ccccc2C1=O. The second-order valence-electron chi connectivity index (χ2n) is 7.61. The molecular weight excluding hydrogens is 434 g/mol. The number of amides is 4. The van der Waals surface area contributed by atoms with E-state index in [1.54, 1.807) is 19.1 Å². The summed E-state index contributed by atoms with van der Waals surface area (Å²) in [7, 11) is 0. The maximum Gasteiger partial charge on any atom is 0.326 e. The van der Waals surface area contributed by atoms with Crippen LogP contribution in [0.2, 0.25) is 0 Å². The summed E-state index contributed by atoms with van der Waals surface area (Å²) < 4.78 is 9.97. The van der Waals surface area contributed by atoms with Gasteiger partial charge in [-0.25, -0.2) is 4.79 Å². The lowest BCUT2D eigenvalue weighted by Crippen LogP contribution is -2.44. The van der Waals surface area contributed by atoms with Gasteiger partial charge in [0.15, 0.2) is 5.78 Å². The summed E-state index contributed by atoms with van der Waals surface area (Å²) in [6, 6.07) is 3.99. The summed E-state index contributed by atoms with van der Waals surface area (Å²) in [4.78, 5) is 73.3. The van der Waals surface area contributed by atoms with E-state index in [0.717, 1.165) is 4.90 Å². The summed E-state index contributed by atoms with van der Waals surface area (Å²) in [6.07, 6.45) is 1.25. The summed E-state index contributed by atoms with van der Waals surface area (Å²) >= 11 is 0. The van der Waals surface area contributed by atoms with Gasteiger partial charge in [-0.2, -0.15) is 0 Å². The minimum atomic E-state index is -0.896. The lowest BCUT2D eigenvalue weighted by atomic mass is 10.0. The van der Waals surface area contributed by atoms with E-state index >= 15 is 0 Å². The highest BCUT2D eigenvalue weighted by molar-refractivity contribution is 6.22. The number of nitrogens with zero attached hydrogens (tertiary/aromatic N) is 1. The van der Waals surface area contributed by atoms with Crippen LogP contribution in [0.15, 0.2) is 24.3 Å². The topological polar surface area (TPSA) is 148 Å². The van der Waals surface area contributed by atoms with Crippen LogP contribution < -0.4 is 10.6 Å². The van der Waals surface area contributed by atoms with Crippen molar-refractivity contribution in [1.29, 1.82) is 0 Å². The van der Waals surface area contributed by atoms with Gasteiger partial charge >= 0.3 is 18.0 Å². The predicted octanol–water partition coefficient (Wildman–Crippen LogP) is 0.568.